The number of nitrogens with zero attached hydrogens (tertiary/aromatic N) is 1. The first-order chi connectivity index (χ1) is 14.4. The Morgan fingerprint density at radius 2 is 1.87 bits per heavy atom. The minimum Gasteiger partial charge on any atom is -0.496 e. The van der Waals surface area contributed by atoms with Gasteiger partial charge in [-0.2, -0.15) is 0 Å². The number of alkyl halides is 1. The smallest absolute Gasteiger partial charge is 0.255 e. The summed E-state index contributed by atoms with van der Waals surface area (Å²) in [6, 6.07) is 9.22. The van der Waals surface area contributed by atoms with Gasteiger partial charge in [-0.25, -0.2) is 8.78 Å². The lowest BCUT2D eigenvalue weighted by Crippen LogP contribution is -2.54. The molecule has 0 saturated heterocycles. The number of carbonyl (C=O) groups is 1. The Kier molecular flexibility index (Phi) is 3.91. The minimum absolute atomic E-state index is 0.0394. The molecular formula is C23H22F2N2O3. The maximum atomic E-state index is 17.3. The number of aromatic nitrogens is 1. The van der Waals surface area contributed by atoms with E-state index in [4.69, 9.17) is 9.47 Å². The van der Waals surface area contributed by atoms with Crippen LogP contribution in [0.25, 0.3) is 10.9 Å². The second-order valence-corrected chi connectivity index (χ2v) is 8.11. The molecule has 1 amide bonds. The van der Waals surface area contributed by atoms with Crippen molar-refractivity contribution in [1.29, 1.82) is 0 Å². The quantitative estimate of drug-likeness (QED) is 0.650. The summed E-state index contributed by atoms with van der Waals surface area (Å²) in [4.78, 5) is 17.0. The average Bonchev–Trinajstić information content (AvgIpc) is 3.39. The largest absolute Gasteiger partial charge is 0.496 e. The fraction of sp³-hybridized carbons (Fsp3) is 0.348. The number of methoxy groups -OCH3 is 2. The normalized spacial score (nSPS) is 21.6. The molecule has 1 saturated carbocycles. The van der Waals surface area contributed by atoms with E-state index in [1.807, 2.05) is 18.2 Å². The number of hydrogen-bond acceptors (Lipinski definition) is 3. The predicted octanol–water partition coefficient (Wildman–Crippen LogP) is 4.39. The van der Waals surface area contributed by atoms with Crippen molar-refractivity contribution in [1.82, 2.24) is 9.88 Å². The van der Waals surface area contributed by atoms with Crippen LogP contribution in [-0.4, -0.2) is 36.6 Å². The third kappa shape index (κ3) is 2.35. The molecule has 5 nitrogen and oxygen atoms in total. The molecule has 0 bridgehead atoms. The minimum atomic E-state index is -2.41. The zero-order chi connectivity index (χ0) is 21.3. The molecule has 3 aromatic rings. The molecule has 2 aliphatic rings. The van der Waals surface area contributed by atoms with Crippen molar-refractivity contribution < 1.29 is 23.0 Å². The maximum absolute atomic E-state index is 17.3. The number of H-pyrrole nitrogens is 1. The SMILES string of the molecule is COc1ccc(F)cc1C1(F)c2[nH]c3cccc(OC)c3c2C2(CC2)CN1C(C)=O. The van der Waals surface area contributed by atoms with Crippen molar-refractivity contribution >= 4 is 16.8 Å². The van der Waals surface area contributed by atoms with Crippen molar-refractivity contribution in [3.8, 4) is 11.5 Å². The van der Waals surface area contributed by atoms with Crippen LogP contribution in [0, 0.1) is 5.82 Å². The van der Waals surface area contributed by atoms with Gasteiger partial charge in [-0.05, 0) is 48.7 Å². The lowest BCUT2D eigenvalue weighted by Gasteiger charge is -2.44. The van der Waals surface area contributed by atoms with E-state index in [-0.39, 0.29) is 29.0 Å². The number of hydrogen-bond donors (Lipinski definition) is 1. The molecule has 1 aliphatic heterocycles. The van der Waals surface area contributed by atoms with Crippen LogP contribution in [0.5, 0.6) is 11.5 Å². The first kappa shape index (κ1) is 18.9. The van der Waals surface area contributed by atoms with Gasteiger partial charge in [0, 0.05) is 29.8 Å². The zero-order valence-electron chi connectivity index (χ0n) is 17.0. The Balaban J connectivity index is 1.90. The van der Waals surface area contributed by atoms with Crippen LogP contribution in [0.3, 0.4) is 0 Å². The van der Waals surface area contributed by atoms with Crippen molar-refractivity contribution in [3.05, 3.63) is 59.0 Å². The number of halogens is 2. The summed E-state index contributed by atoms with van der Waals surface area (Å²) in [7, 11) is 2.98. The van der Waals surface area contributed by atoms with E-state index in [9.17, 15) is 9.18 Å². The molecule has 1 N–H and O–H groups in total. The number of carbonyl (C=O) groups excluding carboxylic acids is 1. The van der Waals surface area contributed by atoms with E-state index in [0.29, 0.717) is 11.3 Å². The van der Waals surface area contributed by atoms with Crippen molar-refractivity contribution in [2.24, 2.45) is 0 Å². The first-order valence-corrected chi connectivity index (χ1v) is 9.86. The van der Waals surface area contributed by atoms with Gasteiger partial charge in [-0.1, -0.05) is 6.07 Å². The van der Waals surface area contributed by atoms with Crippen molar-refractivity contribution in [2.45, 2.75) is 31.0 Å². The van der Waals surface area contributed by atoms with Crippen LogP contribution in [-0.2, 0) is 16.0 Å². The number of nitrogens with one attached hydrogen (secondary N) is 1. The summed E-state index contributed by atoms with van der Waals surface area (Å²) < 4.78 is 42.5. The molecular weight excluding hydrogens is 390 g/mol. The van der Waals surface area contributed by atoms with Gasteiger partial charge in [0.15, 0.2) is 0 Å². The third-order valence-corrected chi connectivity index (χ3v) is 6.45. The average molecular weight is 412 g/mol. The standard InChI is InChI=1S/C23H22F2N2O3/c1-13(28)27-12-22(9-10-22)20-19-16(5-4-6-18(19)30-3)26-21(20)23(27,25)15-11-14(24)7-8-17(15)29-2/h4-8,11,26H,9-10,12H2,1-3H3. The molecule has 1 aromatic heterocycles. The molecule has 1 aliphatic carbocycles. The Morgan fingerprint density at radius 1 is 1.13 bits per heavy atom. The number of fused-ring (bicyclic) bond motifs is 4. The molecule has 0 radical (unpaired) electrons. The van der Waals surface area contributed by atoms with Crippen LogP contribution in [0.1, 0.15) is 36.6 Å². The summed E-state index contributed by atoms with van der Waals surface area (Å²) in [5.41, 5.74) is 1.38. The number of aromatic amines is 1. The number of amides is 1. The molecule has 1 spiro atoms. The van der Waals surface area contributed by atoms with Gasteiger partial charge in [0.1, 0.15) is 17.3 Å². The molecule has 5 rings (SSSR count). The fourth-order valence-corrected chi connectivity index (χ4v) is 4.90. The lowest BCUT2D eigenvalue weighted by atomic mass is 9.81. The Hall–Kier alpha value is -3.09. The summed E-state index contributed by atoms with van der Waals surface area (Å²) >= 11 is 0. The zero-order valence-corrected chi connectivity index (χ0v) is 17.0. The highest BCUT2D eigenvalue weighted by Crippen LogP contribution is 2.61. The molecule has 7 heteroatoms. The molecule has 1 atom stereocenters. The van der Waals surface area contributed by atoms with E-state index in [1.54, 1.807) is 7.11 Å². The van der Waals surface area contributed by atoms with Gasteiger partial charge < -0.3 is 19.4 Å². The third-order valence-electron chi connectivity index (χ3n) is 6.45. The summed E-state index contributed by atoms with van der Waals surface area (Å²) in [6.07, 6.45) is 1.68. The highest BCUT2D eigenvalue weighted by molar-refractivity contribution is 5.94. The highest BCUT2D eigenvalue weighted by atomic mass is 19.1. The van der Waals surface area contributed by atoms with Gasteiger partial charge in [-0.3, -0.25) is 4.79 Å². The molecule has 1 unspecified atom stereocenters. The maximum Gasteiger partial charge on any atom is 0.255 e. The van der Waals surface area contributed by atoms with Gasteiger partial charge in [0.05, 0.1) is 25.5 Å². The van der Waals surface area contributed by atoms with E-state index in [1.165, 1.54) is 31.1 Å². The molecule has 30 heavy (non-hydrogen) atoms. The number of rotatable bonds is 3. The van der Waals surface area contributed by atoms with E-state index < -0.39 is 17.5 Å². The van der Waals surface area contributed by atoms with Gasteiger partial charge in [0.25, 0.3) is 5.79 Å². The molecule has 2 heterocycles. The van der Waals surface area contributed by atoms with Crippen molar-refractivity contribution in [2.75, 3.05) is 20.8 Å². The Labute approximate surface area is 172 Å². The molecule has 2 aromatic carbocycles. The highest BCUT2D eigenvalue weighted by Gasteiger charge is 2.61. The monoisotopic (exact) mass is 412 g/mol. The van der Waals surface area contributed by atoms with Crippen LogP contribution in [0.4, 0.5) is 8.78 Å². The number of benzene rings is 2. The predicted molar refractivity (Wildman–Crippen MR) is 108 cm³/mol. The fourth-order valence-electron chi connectivity index (χ4n) is 4.90. The number of ether oxygens (including phenoxy) is 2. The Morgan fingerprint density at radius 3 is 2.50 bits per heavy atom. The second kappa shape index (κ2) is 6.20. The van der Waals surface area contributed by atoms with E-state index >= 15 is 4.39 Å². The van der Waals surface area contributed by atoms with Crippen LogP contribution < -0.4 is 9.47 Å². The summed E-state index contributed by atoms with van der Waals surface area (Å²) in [6.45, 7) is 1.54. The summed E-state index contributed by atoms with van der Waals surface area (Å²) in [5, 5.41) is 0.813. The van der Waals surface area contributed by atoms with Gasteiger partial charge in [-0.15, -0.1) is 0 Å². The lowest BCUT2D eigenvalue weighted by molar-refractivity contribution is -0.144. The van der Waals surface area contributed by atoms with E-state index in [0.717, 1.165) is 29.9 Å². The topological polar surface area (TPSA) is 54.6 Å². The van der Waals surface area contributed by atoms with Gasteiger partial charge >= 0.3 is 0 Å². The van der Waals surface area contributed by atoms with Crippen LogP contribution >= 0.6 is 0 Å². The van der Waals surface area contributed by atoms with Crippen molar-refractivity contribution in [3.63, 3.8) is 0 Å². The molecule has 156 valence electrons. The van der Waals surface area contributed by atoms with Gasteiger partial charge in [0.2, 0.25) is 5.91 Å². The summed E-state index contributed by atoms with van der Waals surface area (Å²) in [5.74, 6) is -2.62. The van der Waals surface area contributed by atoms with E-state index in [2.05, 4.69) is 4.98 Å². The van der Waals surface area contributed by atoms with Crippen LogP contribution in [0.2, 0.25) is 0 Å². The van der Waals surface area contributed by atoms with Crippen LogP contribution in [0.15, 0.2) is 36.4 Å². The first-order valence-electron chi connectivity index (χ1n) is 9.86. The second-order valence-electron chi connectivity index (χ2n) is 8.11. The Bertz CT molecular complexity index is 1180. The molecule has 1 fully saturated rings.